The van der Waals surface area contributed by atoms with Crippen molar-refractivity contribution in [3.8, 4) is 0 Å². The Morgan fingerprint density at radius 2 is 1.74 bits per heavy atom. The lowest BCUT2D eigenvalue weighted by molar-refractivity contribution is -0.137. The number of carbonyl (C=O) groups is 2. The molecule has 182 valence electrons. The number of aromatic nitrogens is 2. The van der Waals surface area contributed by atoms with Gasteiger partial charge in [-0.2, -0.15) is 0 Å². The highest BCUT2D eigenvalue weighted by atomic mass is 16.2. The molecule has 1 atom stereocenters. The SMILES string of the molecule is CC1CCCCN1C(=O)CN1CCN(C(=O)CCc2nc3ccccc3c(=O)n2C2CC2)CC1. The van der Waals surface area contributed by atoms with E-state index < -0.39 is 0 Å². The highest BCUT2D eigenvalue weighted by molar-refractivity contribution is 5.79. The molecule has 3 aliphatic rings. The number of para-hydroxylation sites is 1. The number of hydrogen-bond donors (Lipinski definition) is 0. The van der Waals surface area contributed by atoms with E-state index in [1.165, 1.54) is 6.42 Å². The van der Waals surface area contributed by atoms with Crippen LogP contribution in [0.1, 0.15) is 57.3 Å². The number of benzene rings is 1. The van der Waals surface area contributed by atoms with Crippen molar-refractivity contribution in [1.29, 1.82) is 0 Å². The molecular formula is C26H35N5O3. The molecule has 8 nitrogen and oxygen atoms in total. The first-order chi connectivity index (χ1) is 16.5. The van der Waals surface area contributed by atoms with Crippen molar-refractivity contribution in [2.24, 2.45) is 0 Å². The van der Waals surface area contributed by atoms with Crippen LogP contribution in [0, 0.1) is 0 Å². The zero-order chi connectivity index (χ0) is 23.7. The highest BCUT2D eigenvalue weighted by Crippen LogP contribution is 2.35. The van der Waals surface area contributed by atoms with E-state index in [0.717, 1.165) is 51.1 Å². The molecule has 2 amide bonds. The number of carbonyl (C=O) groups excluding carboxylic acids is 2. The fraction of sp³-hybridized carbons (Fsp3) is 0.615. The summed E-state index contributed by atoms with van der Waals surface area (Å²) in [6.07, 6.45) is 6.21. The Hall–Kier alpha value is -2.74. The van der Waals surface area contributed by atoms with Gasteiger partial charge in [0, 0.05) is 57.6 Å². The molecule has 2 saturated heterocycles. The fourth-order valence-electron chi connectivity index (χ4n) is 5.36. The van der Waals surface area contributed by atoms with Crippen LogP contribution in [0.3, 0.4) is 0 Å². The summed E-state index contributed by atoms with van der Waals surface area (Å²) in [7, 11) is 0. The summed E-state index contributed by atoms with van der Waals surface area (Å²) in [6.45, 7) is 6.18. The fourth-order valence-corrected chi connectivity index (χ4v) is 5.36. The van der Waals surface area contributed by atoms with Crippen LogP contribution in [0.5, 0.6) is 0 Å². The van der Waals surface area contributed by atoms with Crippen molar-refractivity contribution in [2.75, 3.05) is 39.3 Å². The van der Waals surface area contributed by atoms with Gasteiger partial charge in [-0.15, -0.1) is 0 Å². The van der Waals surface area contributed by atoms with E-state index in [4.69, 9.17) is 4.98 Å². The van der Waals surface area contributed by atoms with Crippen molar-refractivity contribution in [3.63, 3.8) is 0 Å². The molecule has 2 aliphatic heterocycles. The van der Waals surface area contributed by atoms with E-state index >= 15 is 0 Å². The molecule has 34 heavy (non-hydrogen) atoms. The summed E-state index contributed by atoms with van der Waals surface area (Å²) in [5.74, 6) is 1.03. The standard InChI is InChI=1S/C26H35N5O3/c1-19-6-4-5-13-30(19)25(33)18-28-14-16-29(17-15-28)24(32)12-11-23-27-22-8-3-2-7-21(22)26(34)31(23)20-9-10-20/h2-3,7-8,19-20H,4-6,9-18H2,1H3. The number of nitrogens with zero attached hydrogens (tertiary/aromatic N) is 5. The number of aryl methyl sites for hydroxylation is 1. The van der Waals surface area contributed by atoms with Crippen LogP contribution in [0.25, 0.3) is 10.9 Å². The minimum absolute atomic E-state index is 0.0110. The highest BCUT2D eigenvalue weighted by Gasteiger charge is 2.30. The second-order valence-corrected chi connectivity index (χ2v) is 10.0. The maximum absolute atomic E-state index is 13.0. The van der Waals surface area contributed by atoms with E-state index in [-0.39, 0.29) is 23.4 Å². The van der Waals surface area contributed by atoms with Crippen LogP contribution in [0.15, 0.2) is 29.1 Å². The lowest BCUT2D eigenvalue weighted by atomic mass is 10.0. The predicted octanol–water partition coefficient (Wildman–Crippen LogP) is 2.21. The molecule has 3 fully saturated rings. The van der Waals surface area contributed by atoms with E-state index in [1.807, 2.05) is 38.6 Å². The van der Waals surface area contributed by atoms with E-state index in [0.29, 0.717) is 49.4 Å². The zero-order valence-corrected chi connectivity index (χ0v) is 20.1. The van der Waals surface area contributed by atoms with Crippen LogP contribution in [-0.4, -0.2) is 81.4 Å². The van der Waals surface area contributed by atoms with Gasteiger partial charge < -0.3 is 9.80 Å². The Balaban J connectivity index is 1.16. The smallest absolute Gasteiger partial charge is 0.261 e. The summed E-state index contributed by atoms with van der Waals surface area (Å²) in [4.78, 5) is 49.6. The average Bonchev–Trinajstić information content (AvgIpc) is 3.68. The van der Waals surface area contributed by atoms with Crippen LogP contribution in [-0.2, 0) is 16.0 Å². The molecule has 1 aliphatic carbocycles. The molecule has 3 heterocycles. The van der Waals surface area contributed by atoms with Gasteiger partial charge >= 0.3 is 0 Å². The van der Waals surface area contributed by atoms with Gasteiger partial charge in [-0.3, -0.25) is 23.9 Å². The maximum Gasteiger partial charge on any atom is 0.261 e. The summed E-state index contributed by atoms with van der Waals surface area (Å²) in [6, 6.07) is 8.01. The summed E-state index contributed by atoms with van der Waals surface area (Å²) >= 11 is 0. The molecule has 0 bridgehead atoms. The largest absolute Gasteiger partial charge is 0.340 e. The molecule has 1 aromatic heterocycles. The second kappa shape index (κ2) is 9.86. The molecule has 1 saturated carbocycles. The Kier molecular flexibility index (Phi) is 6.68. The minimum atomic E-state index is 0.0110. The molecule has 2 aromatic rings. The van der Waals surface area contributed by atoms with Crippen molar-refractivity contribution < 1.29 is 9.59 Å². The van der Waals surface area contributed by atoms with Gasteiger partial charge in [-0.25, -0.2) is 4.98 Å². The molecule has 0 spiro atoms. The third-order valence-corrected chi connectivity index (χ3v) is 7.56. The normalized spacial score (nSPS) is 21.7. The minimum Gasteiger partial charge on any atom is -0.340 e. The molecule has 0 radical (unpaired) electrons. The van der Waals surface area contributed by atoms with Crippen molar-refractivity contribution in [2.45, 2.75) is 64.0 Å². The van der Waals surface area contributed by atoms with Gasteiger partial charge in [0.05, 0.1) is 17.4 Å². The van der Waals surface area contributed by atoms with Crippen molar-refractivity contribution in [1.82, 2.24) is 24.3 Å². The number of rotatable bonds is 6. The van der Waals surface area contributed by atoms with Crippen LogP contribution >= 0.6 is 0 Å². The van der Waals surface area contributed by atoms with Gasteiger partial charge in [0.25, 0.3) is 5.56 Å². The quantitative estimate of drug-likeness (QED) is 0.654. The molecule has 0 N–H and O–H groups in total. The Bertz CT molecular complexity index is 1120. The monoisotopic (exact) mass is 465 g/mol. The molecule has 1 unspecified atom stereocenters. The number of amides is 2. The lowest BCUT2D eigenvalue weighted by Gasteiger charge is -2.38. The molecule has 5 rings (SSSR count). The van der Waals surface area contributed by atoms with Crippen molar-refractivity contribution in [3.05, 3.63) is 40.4 Å². The maximum atomic E-state index is 13.0. The van der Waals surface area contributed by atoms with E-state index in [9.17, 15) is 14.4 Å². The Labute approximate surface area is 200 Å². The zero-order valence-electron chi connectivity index (χ0n) is 20.1. The first kappa shape index (κ1) is 23.0. The number of hydrogen-bond acceptors (Lipinski definition) is 5. The van der Waals surface area contributed by atoms with Crippen LogP contribution in [0.2, 0.25) is 0 Å². The Morgan fingerprint density at radius 1 is 0.971 bits per heavy atom. The third kappa shape index (κ3) is 4.87. The molecular weight excluding hydrogens is 430 g/mol. The van der Waals surface area contributed by atoms with E-state index in [1.54, 1.807) is 0 Å². The number of piperazine rings is 1. The summed E-state index contributed by atoms with van der Waals surface area (Å²) in [5.41, 5.74) is 0.713. The first-order valence-electron chi connectivity index (χ1n) is 12.8. The van der Waals surface area contributed by atoms with Crippen LogP contribution < -0.4 is 5.56 Å². The summed E-state index contributed by atoms with van der Waals surface area (Å²) in [5, 5.41) is 0.647. The predicted molar refractivity (Wildman–Crippen MR) is 131 cm³/mol. The van der Waals surface area contributed by atoms with Gasteiger partial charge in [0.15, 0.2) is 0 Å². The van der Waals surface area contributed by atoms with Crippen molar-refractivity contribution >= 4 is 22.7 Å². The topological polar surface area (TPSA) is 78.8 Å². The Morgan fingerprint density at radius 3 is 2.47 bits per heavy atom. The molecule has 1 aromatic carbocycles. The van der Waals surface area contributed by atoms with E-state index in [2.05, 4.69) is 11.8 Å². The second-order valence-electron chi connectivity index (χ2n) is 10.0. The summed E-state index contributed by atoms with van der Waals surface area (Å²) < 4.78 is 1.82. The van der Waals surface area contributed by atoms with Gasteiger partial charge in [0.2, 0.25) is 11.8 Å². The third-order valence-electron chi connectivity index (χ3n) is 7.56. The number of fused-ring (bicyclic) bond motifs is 1. The number of piperidine rings is 1. The number of likely N-dealkylation sites (tertiary alicyclic amines) is 1. The van der Waals surface area contributed by atoms with Gasteiger partial charge in [-0.1, -0.05) is 12.1 Å². The van der Waals surface area contributed by atoms with Crippen LogP contribution in [0.4, 0.5) is 0 Å². The average molecular weight is 466 g/mol. The van der Waals surface area contributed by atoms with Gasteiger partial charge in [0.1, 0.15) is 5.82 Å². The lowest BCUT2D eigenvalue weighted by Crippen LogP contribution is -2.53. The molecule has 8 heteroatoms. The van der Waals surface area contributed by atoms with Gasteiger partial charge in [-0.05, 0) is 51.2 Å². The first-order valence-corrected chi connectivity index (χ1v) is 12.8.